The van der Waals surface area contributed by atoms with E-state index in [1.54, 1.807) is 89.4 Å². The van der Waals surface area contributed by atoms with Crippen LogP contribution in [0.3, 0.4) is 0 Å². The summed E-state index contributed by atoms with van der Waals surface area (Å²) in [6.07, 6.45) is 26.1. The van der Waals surface area contributed by atoms with Gasteiger partial charge in [0.05, 0.1) is 71.5 Å². The number of carboxylic acid groups (broad SMARTS) is 2. The number of pyridine rings is 2. The van der Waals surface area contributed by atoms with Crippen LogP contribution in [0.2, 0.25) is 13.3 Å². The summed E-state index contributed by atoms with van der Waals surface area (Å²) in [5.74, 6) is -1.50. The van der Waals surface area contributed by atoms with Crippen molar-refractivity contribution in [2.24, 2.45) is 0 Å². The molecule has 18 nitrogen and oxygen atoms in total. The molecule has 0 saturated carbocycles. The zero-order valence-electron chi connectivity index (χ0n) is 49.8. The van der Waals surface area contributed by atoms with Crippen molar-refractivity contribution in [1.82, 2.24) is 55.1 Å². The molecule has 10 rings (SSSR count). The number of carbonyl (C=O) groups excluding carboxylic acids is 2. The van der Waals surface area contributed by atoms with E-state index in [1.165, 1.54) is 126 Å². The number of hydrogen-bond donors (Lipinski definition) is 2. The summed E-state index contributed by atoms with van der Waals surface area (Å²) >= 11 is 8.30. The summed E-state index contributed by atoms with van der Waals surface area (Å²) in [5.41, 5.74) is 2.39. The molecule has 0 spiro atoms. The minimum absolute atomic E-state index is 0. The number of halogens is 1. The summed E-state index contributed by atoms with van der Waals surface area (Å²) in [4.78, 5) is 64.9. The van der Waals surface area contributed by atoms with Crippen LogP contribution in [0, 0.1) is 22.7 Å². The number of carboxylic acids is 2. The Bertz CT molecular complexity index is 3400. The Labute approximate surface area is 585 Å². The van der Waals surface area contributed by atoms with Gasteiger partial charge in [-0.25, -0.2) is 24.7 Å². The summed E-state index contributed by atoms with van der Waals surface area (Å²) in [7, 11) is 0. The summed E-state index contributed by atoms with van der Waals surface area (Å²) in [5, 5.41) is 56.4. The Hall–Kier alpha value is -4.33. The van der Waals surface area contributed by atoms with E-state index < -0.39 is 30.3 Å². The van der Waals surface area contributed by atoms with Crippen LogP contribution >= 0.6 is 73.5 Å². The molecule has 0 aliphatic carbocycles. The summed E-state index contributed by atoms with van der Waals surface area (Å²) in [6, 6.07) is 20.8. The third-order valence-electron chi connectivity index (χ3n) is 14.1. The SMILES string of the molecule is CCC[CH2][Sn]([CH2]CCC)([CH2]CCC)[c]1ncccn1.C[C@@H]1CC[C@@H](Sc2cc(C#N)ccn2)CN1.C[C@@H]1CC[C@@H](Sc2cc(C#N)ccn2)CN1C(=O)c1ccsc1-c1ncccn1.O=C(O)c1ccsc1Br.O=C([O-])c1ccsc1-n1nccn1.[K+]. The number of unbranched alkanes of at least 4 members (excludes halogenated alkanes) is 3. The quantitative estimate of drug-likeness (QED) is 0.0713. The first-order valence-electron chi connectivity index (χ1n) is 28.6. The molecular weight excluding hydrogens is 1390 g/mol. The van der Waals surface area contributed by atoms with Gasteiger partial charge in [-0.1, -0.05) is 0 Å². The van der Waals surface area contributed by atoms with Crippen molar-refractivity contribution in [2.75, 3.05) is 13.1 Å². The van der Waals surface area contributed by atoms with Gasteiger partial charge in [0.25, 0.3) is 5.91 Å². The molecule has 0 bridgehead atoms. The number of rotatable bonds is 19. The van der Waals surface area contributed by atoms with Gasteiger partial charge in [0.15, 0.2) is 5.82 Å². The van der Waals surface area contributed by atoms with Crippen LogP contribution in [0.5, 0.6) is 0 Å². The second kappa shape index (κ2) is 39.7. The van der Waals surface area contributed by atoms with Crippen LogP contribution in [0.1, 0.15) is 141 Å². The van der Waals surface area contributed by atoms with Gasteiger partial charge in [0, 0.05) is 66.0 Å². The van der Waals surface area contributed by atoms with Crippen LogP contribution in [0.25, 0.3) is 15.7 Å². The Morgan fingerprint density at radius 1 is 0.701 bits per heavy atom. The van der Waals surface area contributed by atoms with E-state index in [2.05, 4.69) is 98.1 Å². The number of amides is 1. The van der Waals surface area contributed by atoms with Crippen LogP contribution in [-0.4, -0.2) is 127 Å². The van der Waals surface area contributed by atoms with E-state index in [1.807, 2.05) is 40.9 Å². The maximum Gasteiger partial charge on any atom is 1.00 e. The molecule has 1 amide bonds. The minimum Gasteiger partial charge on any atom is -0.545 e. The second-order valence-corrected chi connectivity index (χ2v) is 39.8. The normalized spacial score (nSPS) is 16.0. The molecular formula is C61H71BrKN13O5S5Sn. The van der Waals surface area contributed by atoms with Crippen molar-refractivity contribution in [1.29, 1.82) is 10.5 Å². The van der Waals surface area contributed by atoms with Gasteiger partial charge in [-0.2, -0.15) is 20.7 Å². The molecule has 10 heterocycles. The van der Waals surface area contributed by atoms with E-state index in [-0.39, 0.29) is 74.1 Å². The predicted octanol–water partition coefficient (Wildman–Crippen LogP) is 9.88. The number of piperidine rings is 2. The fourth-order valence-corrected chi connectivity index (χ4v) is 29.4. The van der Waals surface area contributed by atoms with E-state index in [4.69, 9.17) is 25.6 Å². The number of carbonyl (C=O) groups is 3. The average molecular weight is 1460 g/mol. The second-order valence-electron chi connectivity index (χ2n) is 20.3. The molecule has 2 aliphatic heterocycles. The van der Waals surface area contributed by atoms with Crippen molar-refractivity contribution in [3.8, 4) is 27.8 Å². The molecule has 2 saturated heterocycles. The van der Waals surface area contributed by atoms with Gasteiger partial charge in [-0.15, -0.1) is 62.3 Å². The van der Waals surface area contributed by atoms with Crippen molar-refractivity contribution in [2.45, 2.75) is 145 Å². The standard InChI is InChI=1S/C21H19N5OS2.C12H15N3S.C7H5N3O2S.C5H3BrO2S.C4H3N2.3C4H9.K.Sn/c1-14-3-4-16(29-18-11-15(12-22)5-9-23-18)13-26(14)21(27)17-6-10-28-19(17)20-24-7-2-8-25-20;1-9-2-3-11(8-15-9)16-12-6-10(7-13)4-5-14-12;11-7(12)5-1-4-13-6(5)10-8-2-3-9-10;6-4-3(5(7)8)1-2-9-4;1-2-5-4-6-3-1;3*1-3-4-2;;/h2,5-11,14,16H,3-4,13H2,1H3;4-6,9,11,15H,2-3,8H2,1H3;1-4H,(H,11,12);1-2H,(H,7,8);1-3H;3*1,3-4H2,2H3;;/q;;;;;;;;+1;/p-1/t14-,16-;9-,11-;;;;;;;;/m11......../s1. The van der Waals surface area contributed by atoms with Crippen LogP contribution in [-0.2, 0) is 0 Å². The maximum atomic E-state index is 13.4. The number of aromatic nitrogens is 9. The number of hydrogen-bond acceptors (Lipinski definition) is 20. The van der Waals surface area contributed by atoms with Gasteiger partial charge in [-0.05, 0) is 120 Å². The van der Waals surface area contributed by atoms with Crippen LogP contribution in [0.15, 0.2) is 134 Å². The molecule has 2 fully saturated rings. The first-order chi connectivity index (χ1) is 41.7. The molecule has 26 heteroatoms. The van der Waals surface area contributed by atoms with Gasteiger partial charge in [-0.3, -0.25) is 4.79 Å². The average Bonchev–Trinajstić information content (AvgIpc) is 2.77. The third-order valence-corrected chi connectivity index (χ3v) is 34.6. The molecule has 8 aromatic heterocycles. The Morgan fingerprint density at radius 2 is 1.23 bits per heavy atom. The Kier molecular flexibility index (Phi) is 33.5. The van der Waals surface area contributed by atoms with Crippen LogP contribution in [0.4, 0.5) is 0 Å². The zero-order valence-corrected chi connectivity index (χ0v) is 61.5. The predicted molar refractivity (Wildman–Crippen MR) is 348 cm³/mol. The van der Waals surface area contributed by atoms with E-state index in [0.29, 0.717) is 54.7 Å². The number of nitrogens with one attached hydrogen (secondary N) is 1. The number of nitriles is 2. The topological polar surface area (TPSA) is 265 Å². The van der Waals surface area contributed by atoms with Gasteiger partial charge >= 0.3 is 181 Å². The first-order valence-corrected chi connectivity index (χ1v) is 41.2. The number of nitrogens with zero attached hydrogens (tertiary/aromatic N) is 12. The van der Waals surface area contributed by atoms with Gasteiger partial charge in [0.2, 0.25) is 0 Å². The number of thiophene rings is 3. The molecule has 87 heavy (non-hydrogen) atoms. The Morgan fingerprint density at radius 3 is 1.74 bits per heavy atom. The van der Waals surface area contributed by atoms with Crippen molar-refractivity contribution in [3.05, 3.63) is 152 Å². The van der Waals surface area contributed by atoms with Gasteiger partial charge in [0.1, 0.15) is 5.00 Å². The van der Waals surface area contributed by atoms with Crippen molar-refractivity contribution in [3.63, 3.8) is 0 Å². The molecule has 2 aliphatic rings. The summed E-state index contributed by atoms with van der Waals surface area (Å²) in [6.45, 7) is 12.9. The molecule has 0 radical (unpaired) electrons. The molecule has 452 valence electrons. The molecule has 0 unspecified atom stereocenters. The van der Waals surface area contributed by atoms with Crippen molar-refractivity contribution >= 4 is 114 Å². The fourth-order valence-electron chi connectivity index (χ4n) is 9.38. The first kappa shape index (κ1) is 73.4. The number of likely N-dealkylation sites (tertiary alicyclic amines) is 1. The monoisotopic (exact) mass is 1460 g/mol. The van der Waals surface area contributed by atoms with E-state index in [0.717, 1.165) is 34.3 Å². The number of thioether (sulfide) groups is 2. The largest absolute Gasteiger partial charge is 1.00 e. The Balaban J connectivity index is 0.000000209. The molecule has 2 N–H and O–H groups in total. The zero-order chi connectivity index (χ0) is 61.7. The van der Waals surface area contributed by atoms with Crippen molar-refractivity contribution < 1.29 is 76.0 Å². The maximum absolute atomic E-state index is 13.4. The molecule has 4 atom stereocenters. The third kappa shape index (κ3) is 23.5. The van der Waals surface area contributed by atoms with Gasteiger partial charge < -0.3 is 25.2 Å². The molecule has 0 aromatic carbocycles. The minimum atomic E-state index is -2.32. The van der Waals surface area contributed by atoms with E-state index >= 15 is 0 Å². The molecule has 8 aromatic rings. The fraction of sp³-hybridized carbons (Fsp3) is 0.393. The van der Waals surface area contributed by atoms with Crippen LogP contribution < -0.4 is 65.6 Å². The van der Waals surface area contributed by atoms with E-state index in [9.17, 15) is 19.5 Å². The smallest absolute Gasteiger partial charge is 0.545 e. The number of aromatic carboxylic acids is 2. The summed E-state index contributed by atoms with van der Waals surface area (Å²) < 4.78 is 6.33.